The maximum Gasteiger partial charge on any atom is 0.258 e. The fourth-order valence-electron chi connectivity index (χ4n) is 1.62. The van der Waals surface area contributed by atoms with Gasteiger partial charge >= 0.3 is 0 Å². The highest BCUT2D eigenvalue weighted by molar-refractivity contribution is 9.10. The lowest BCUT2D eigenvalue weighted by molar-refractivity contribution is 0.102. The molecule has 0 fully saturated rings. The molecule has 0 spiro atoms. The van der Waals surface area contributed by atoms with E-state index in [0.29, 0.717) is 15.7 Å². The lowest BCUT2D eigenvalue weighted by atomic mass is 10.1. The Morgan fingerprint density at radius 1 is 1.16 bits per heavy atom. The molecule has 5 heteroatoms. The van der Waals surface area contributed by atoms with Crippen LogP contribution in [0, 0.1) is 18.6 Å². The summed E-state index contributed by atoms with van der Waals surface area (Å²) in [6, 6.07) is 8.37. The van der Waals surface area contributed by atoms with Gasteiger partial charge in [0.25, 0.3) is 5.91 Å². The molecular formula is C14H10BrF2NO. The van der Waals surface area contributed by atoms with Crippen LogP contribution in [-0.2, 0) is 0 Å². The third kappa shape index (κ3) is 2.98. The van der Waals surface area contributed by atoms with Gasteiger partial charge in [-0.15, -0.1) is 0 Å². The Kier molecular flexibility index (Phi) is 3.95. The number of nitrogens with one attached hydrogen (secondary N) is 1. The second-order valence-corrected chi connectivity index (χ2v) is 4.87. The molecule has 0 saturated carbocycles. The van der Waals surface area contributed by atoms with Gasteiger partial charge in [0.2, 0.25) is 0 Å². The summed E-state index contributed by atoms with van der Waals surface area (Å²) < 4.78 is 27.2. The number of anilines is 1. The molecule has 0 radical (unpaired) electrons. The molecule has 2 aromatic rings. The molecular weight excluding hydrogens is 316 g/mol. The molecule has 0 saturated heterocycles. The highest BCUT2D eigenvalue weighted by atomic mass is 79.9. The molecule has 0 aliphatic carbocycles. The van der Waals surface area contributed by atoms with E-state index in [4.69, 9.17) is 0 Å². The Balaban J connectivity index is 2.30. The minimum atomic E-state index is -0.616. The van der Waals surface area contributed by atoms with Gasteiger partial charge in [-0.25, -0.2) is 8.78 Å². The first-order valence-electron chi connectivity index (χ1n) is 5.50. The Morgan fingerprint density at radius 3 is 2.53 bits per heavy atom. The lowest BCUT2D eigenvalue weighted by Gasteiger charge is -2.10. The van der Waals surface area contributed by atoms with Gasteiger partial charge < -0.3 is 5.32 Å². The maximum atomic E-state index is 13.4. The molecule has 1 N–H and O–H groups in total. The molecule has 2 aromatic carbocycles. The molecule has 19 heavy (non-hydrogen) atoms. The van der Waals surface area contributed by atoms with Crippen molar-refractivity contribution in [3.8, 4) is 0 Å². The molecule has 2 rings (SSSR count). The third-order valence-corrected chi connectivity index (χ3v) is 3.24. The van der Waals surface area contributed by atoms with Crippen LogP contribution in [0.25, 0.3) is 0 Å². The van der Waals surface area contributed by atoms with E-state index in [-0.39, 0.29) is 5.56 Å². The summed E-state index contributed by atoms with van der Waals surface area (Å²) >= 11 is 3.06. The van der Waals surface area contributed by atoms with Crippen LogP contribution in [0.4, 0.5) is 14.5 Å². The Labute approximate surface area is 117 Å². The van der Waals surface area contributed by atoms with Crippen LogP contribution in [0.5, 0.6) is 0 Å². The number of amides is 1. The standard InChI is InChI=1S/C14H10BrF2NO/c1-8-6-10(15)12(17)7-13(8)18-14(19)9-4-2-3-5-11(9)16/h2-7H,1H3,(H,18,19). The van der Waals surface area contributed by atoms with Crippen LogP contribution in [0.15, 0.2) is 40.9 Å². The van der Waals surface area contributed by atoms with E-state index in [2.05, 4.69) is 21.2 Å². The Hall–Kier alpha value is -1.75. The number of carbonyl (C=O) groups is 1. The van der Waals surface area contributed by atoms with Gasteiger partial charge in [-0.1, -0.05) is 12.1 Å². The predicted octanol–water partition coefficient (Wildman–Crippen LogP) is 4.29. The van der Waals surface area contributed by atoms with Crippen LogP contribution in [0.3, 0.4) is 0 Å². The predicted molar refractivity (Wildman–Crippen MR) is 73.2 cm³/mol. The average molecular weight is 326 g/mol. The molecule has 0 aliphatic heterocycles. The molecule has 0 unspecified atom stereocenters. The number of aryl methyl sites for hydroxylation is 1. The zero-order valence-corrected chi connectivity index (χ0v) is 11.6. The van der Waals surface area contributed by atoms with Crippen molar-refractivity contribution < 1.29 is 13.6 Å². The number of benzene rings is 2. The third-order valence-electron chi connectivity index (χ3n) is 2.63. The summed E-state index contributed by atoms with van der Waals surface area (Å²) in [5, 5.41) is 2.50. The quantitative estimate of drug-likeness (QED) is 0.876. The van der Waals surface area contributed by atoms with Crippen LogP contribution in [0.1, 0.15) is 15.9 Å². The number of hydrogen-bond donors (Lipinski definition) is 1. The average Bonchev–Trinajstić information content (AvgIpc) is 2.36. The van der Waals surface area contributed by atoms with Gasteiger partial charge in [0.05, 0.1) is 10.0 Å². The zero-order valence-electron chi connectivity index (χ0n) is 10.0. The first kappa shape index (κ1) is 13.7. The van der Waals surface area contributed by atoms with Crippen molar-refractivity contribution in [2.45, 2.75) is 6.92 Å². The van der Waals surface area contributed by atoms with Crippen molar-refractivity contribution in [2.75, 3.05) is 5.32 Å². The van der Waals surface area contributed by atoms with E-state index in [1.807, 2.05) is 0 Å². The molecule has 0 aromatic heterocycles. The monoisotopic (exact) mass is 325 g/mol. The zero-order chi connectivity index (χ0) is 14.0. The van der Waals surface area contributed by atoms with E-state index in [1.165, 1.54) is 24.3 Å². The van der Waals surface area contributed by atoms with Crippen molar-refractivity contribution in [2.24, 2.45) is 0 Å². The molecule has 0 heterocycles. The molecule has 98 valence electrons. The molecule has 2 nitrogen and oxygen atoms in total. The highest BCUT2D eigenvalue weighted by Crippen LogP contribution is 2.24. The lowest BCUT2D eigenvalue weighted by Crippen LogP contribution is -2.14. The van der Waals surface area contributed by atoms with Gasteiger partial charge in [-0.05, 0) is 52.7 Å². The van der Waals surface area contributed by atoms with E-state index in [0.717, 1.165) is 0 Å². The minimum Gasteiger partial charge on any atom is -0.322 e. The van der Waals surface area contributed by atoms with Gasteiger partial charge in [-0.2, -0.15) is 0 Å². The maximum absolute atomic E-state index is 13.4. The smallest absolute Gasteiger partial charge is 0.258 e. The summed E-state index contributed by atoms with van der Waals surface area (Å²) in [6.45, 7) is 1.72. The highest BCUT2D eigenvalue weighted by Gasteiger charge is 2.13. The van der Waals surface area contributed by atoms with E-state index >= 15 is 0 Å². The van der Waals surface area contributed by atoms with Gasteiger partial charge in [0.15, 0.2) is 0 Å². The van der Waals surface area contributed by atoms with Gasteiger partial charge in [-0.3, -0.25) is 4.79 Å². The van der Waals surface area contributed by atoms with Crippen molar-refractivity contribution in [1.29, 1.82) is 0 Å². The molecule has 1 amide bonds. The summed E-state index contributed by atoms with van der Waals surface area (Å²) in [7, 11) is 0. The van der Waals surface area contributed by atoms with Crippen molar-refractivity contribution in [3.05, 3.63) is 63.6 Å². The summed E-state index contributed by atoms with van der Waals surface area (Å²) in [5.74, 6) is -1.72. The van der Waals surface area contributed by atoms with Gasteiger partial charge in [0.1, 0.15) is 11.6 Å². The summed E-state index contributed by atoms with van der Waals surface area (Å²) in [6.07, 6.45) is 0. The number of hydrogen-bond acceptors (Lipinski definition) is 1. The van der Waals surface area contributed by atoms with Crippen molar-refractivity contribution in [1.82, 2.24) is 0 Å². The van der Waals surface area contributed by atoms with Crippen molar-refractivity contribution >= 4 is 27.5 Å². The normalized spacial score (nSPS) is 10.3. The fourth-order valence-corrected chi connectivity index (χ4v) is 2.07. The number of carbonyl (C=O) groups excluding carboxylic acids is 1. The van der Waals surface area contributed by atoms with E-state index in [1.54, 1.807) is 19.1 Å². The van der Waals surface area contributed by atoms with Crippen LogP contribution in [0.2, 0.25) is 0 Å². The SMILES string of the molecule is Cc1cc(Br)c(F)cc1NC(=O)c1ccccc1F. The van der Waals surface area contributed by atoms with Crippen molar-refractivity contribution in [3.63, 3.8) is 0 Å². The Bertz CT molecular complexity index is 643. The second kappa shape index (κ2) is 5.48. The van der Waals surface area contributed by atoms with Crippen LogP contribution >= 0.6 is 15.9 Å². The Morgan fingerprint density at radius 2 is 1.84 bits per heavy atom. The topological polar surface area (TPSA) is 29.1 Å². The van der Waals surface area contributed by atoms with Crippen LogP contribution < -0.4 is 5.32 Å². The summed E-state index contributed by atoms with van der Waals surface area (Å²) in [4.78, 5) is 11.9. The first-order chi connectivity index (χ1) is 8.99. The molecule has 0 aliphatic rings. The largest absolute Gasteiger partial charge is 0.322 e. The molecule has 0 bridgehead atoms. The number of halogens is 3. The second-order valence-electron chi connectivity index (χ2n) is 4.02. The number of rotatable bonds is 2. The fraction of sp³-hybridized carbons (Fsp3) is 0.0714. The minimum absolute atomic E-state index is 0.0785. The van der Waals surface area contributed by atoms with E-state index < -0.39 is 17.5 Å². The van der Waals surface area contributed by atoms with Crippen LogP contribution in [-0.4, -0.2) is 5.91 Å². The molecule has 0 atom stereocenters. The summed E-state index contributed by atoms with van der Waals surface area (Å²) in [5.41, 5.74) is 0.914. The first-order valence-corrected chi connectivity index (χ1v) is 6.30. The van der Waals surface area contributed by atoms with Gasteiger partial charge in [0, 0.05) is 5.69 Å². The van der Waals surface area contributed by atoms with E-state index in [9.17, 15) is 13.6 Å².